The molecule has 1 N–H and O–H groups in total. The molecule has 0 aromatic heterocycles. The lowest BCUT2D eigenvalue weighted by Gasteiger charge is -2.28. The number of hydrogen-bond donors (Lipinski definition) is 1. The summed E-state index contributed by atoms with van der Waals surface area (Å²) in [6, 6.07) is 14.7. The summed E-state index contributed by atoms with van der Waals surface area (Å²) in [6.45, 7) is 0.713. The minimum atomic E-state index is -3.44. The Kier molecular flexibility index (Phi) is 4.85. The number of carbonyl (C=O) groups is 1. The van der Waals surface area contributed by atoms with Crippen LogP contribution in [0.15, 0.2) is 59.5 Å². The number of nitrogens with one attached hydrogen (secondary N) is 1. The molecule has 2 aromatic carbocycles. The minimum absolute atomic E-state index is 0.0609. The maximum atomic E-state index is 12.6. The highest BCUT2D eigenvalue weighted by Gasteiger charge is 2.27. The standard InChI is InChI=1S/C21H22N2O3S/c24-21(23-15-3-5-17-4-1-2-6-20(17)23)14-9-16-7-12-19(13-8-16)27(25,26)22-18-10-11-18/h1-2,4,6-9,12-14,18,22H,3,5,10-11,15H2. The number of fused-ring (bicyclic) bond motifs is 1. The summed E-state index contributed by atoms with van der Waals surface area (Å²) in [5.41, 5.74) is 2.97. The lowest BCUT2D eigenvalue weighted by atomic mass is 10.0. The third kappa shape index (κ3) is 4.12. The van der Waals surface area contributed by atoms with E-state index in [9.17, 15) is 13.2 Å². The molecule has 6 heteroatoms. The smallest absolute Gasteiger partial charge is 0.250 e. The van der Waals surface area contributed by atoms with Crippen LogP contribution in [0, 0.1) is 0 Å². The molecule has 27 heavy (non-hydrogen) atoms. The summed E-state index contributed by atoms with van der Waals surface area (Å²) in [7, 11) is -3.44. The number of hydrogen-bond acceptors (Lipinski definition) is 3. The molecule has 0 atom stereocenters. The van der Waals surface area contributed by atoms with Crippen LogP contribution < -0.4 is 9.62 Å². The van der Waals surface area contributed by atoms with Gasteiger partial charge in [-0.3, -0.25) is 4.79 Å². The molecule has 4 rings (SSSR count). The van der Waals surface area contributed by atoms with E-state index in [1.54, 1.807) is 41.3 Å². The van der Waals surface area contributed by atoms with Crippen molar-refractivity contribution in [2.45, 2.75) is 36.6 Å². The van der Waals surface area contributed by atoms with Crippen LogP contribution in [0.1, 0.15) is 30.4 Å². The van der Waals surface area contributed by atoms with Gasteiger partial charge in [0, 0.05) is 24.4 Å². The monoisotopic (exact) mass is 382 g/mol. The Bertz CT molecular complexity index is 977. The molecule has 0 spiro atoms. The molecular formula is C21H22N2O3S. The Balaban J connectivity index is 1.46. The molecule has 1 saturated carbocycles. The number of nitrogens with zero attached hydrogens (tertiary/aromatic N) is 1. The van der Waals surface area contributed by atoms with E-state index in [1.165, 1.54) is 5.56 Å². The van der Waals surface area contributed by atoms with Crippen molar-refractivity contribution in [3.63, 3.8) is 0 Å². The quantitative estimate of drug-likeness (QED) is 0.808. The number of para-hydroxylation sites is 1. The SMILES string of the molecule is O=C(C=Cc1ccc(S(=O)(=O)NC2CC2)cc1)N1CCCc2ccccc21. The summed E-state index contributed by atoms with van der Waals surface area (Å²) in [4.78, 5) is 14.7. The van der Waals surface area contributed by atoms with Crippen molar-refractivity contribution < 1.29 is 13.2 Å². The Hall–Kier alpha value is -2.44. The second-order valence-electron chi connectivity index (χ2n) is 7.02. The first-order valence-electron chi connectivity index (χ1n) is 9.23. The van der Waals surface area contributed by atoms with Gasteiger partial charge in [-0.25, -0.2) is 13.1 Å². The predicted molar refractivity (Wildman–Crippen MR) is 106 cm³/mol. The van der Waals surface area contributed by atoms with Crippen molar-refractivity contribution >= 4 is 27.7 Å². The number of anilines is 1. The third-order valence-corrected chi connectivity index (χ3v) is 6.42. The van der Waals surface area contributed by atoms with Gasteiger partial charge in [-0.05, 0) is 61.1 Å². The zero-order valence-corrected chi connectivity index (χ0v) is 15.8. The third-order valence-electron chi connectivity index (χ3n) is 4.88. The number of benzene rings is 2. The Morgan fingerprint density at radius 3 is 2.56 bits per heavy atom. The second kappa shape index (κ2) is 7.29. The van der Waals surface area contributed by atoms with Gasteiger partial charge in [-0.1, -0.05) is 30.3 Å². The maximum absolute atomic E-state index is 12.6. The first kappa shape index (κ1) is 17.9. The maximum Gasteiger partial charge on any atom is 0.250 e. The zero-order valence-electron chi connectivity index (χ0n) is 15.0. The molecule has 0 bridgehead atoms. The molecule has 0 unspecified atom stereocenters. The van der Waals surface area contributed by atoms with Gasteiger partial charge in [0.1, 0.15) is 0 Å². The second-order valence-corrected chi connectivity index (χ2v) is 8.73. The first-order valence-corrected chi connectivity index (χ1v) is 10.7. The van der Waals surface area contributed by atoms with Gasteiger partial charge in [0.15, 0.2) is 0 Å². The normalized spacial score (nSPS) is 17.1. The van der Waals surface area contributed by atoms with Gasteiger partial charge in [-0.15, -0.1) is 0 Å². The number of sulfonamides is 1. The fourth-order valence-corrected chi connectivity index (χ4v) is 4.57. The Morgan fingerprint density at radius 1 is 1.07 bits per heavy atom. The lowest BCUT2D eigenvalue weighted by Crippen LogP contribution is -2.34. The van der Waals surface area contributed by atoms with E-state index >= 15 is 0 Å². The van der Waals surface area contributed by atoms with Gasteiger partial charge in [0.25, 0.3) is 5.91 Å². The van der Waals surface area contributed by atoms with Gasteiger partial charge in [0.05, 0.1) is 4.90 Å². The van der Waals surface area contributed by atoms with Crippen molar-refractivity contribution in [3.05, 3.63) is 65.7 Å². The summed E-state index contributed by atoms with van der Waals surface area (Å²) in [5, 5.41) is 0. The molecule has 0 radical (unpaired) electrons. The molecule has 5 nitrogen and oxygen atoms in total. The van der Waals surface area contributed by atoms with E-state index in [0.717, 1.165) is 36.9 Å². The minimum Gasteiger partial charge on any atom is -0.309 e. The fourth-order valence-electron chi connectivity index (χ4n) is 3.27. The zero-order chi connectivity index (χ0) is 18.9. The van der Waals surface area contributed by atoms with E-state index in [2.05, 4.69) is 10.8 Å². The molecule has 0 saturated heterocycles. The summed E-state index contributed by atoms with van der Waals surface area (Å²) >= 11 is 0. The number of aryl methyl sites for hydroxylation is 1. The average molecular weight is 382 g/mol. The number of rotatable bonds is 5. The van der Waals surface area contributed by atoms with E-state index in [4.69, 9.17) is 0 Å². The van der Waals surface area contributed by atoms with Crippen molar-refractivity contribution in [1.29, 1.82) is 0 Å². The van der Waals surface area contributed by atoms with Crippen LogP contribution in [0.4, 0.5) is 5.69 Å². The summed E-state index contributed by atoms with van der Waals surface area (Å²) in [5.74, 6) is -0.0609. The average Bonchev–Trinajstić information content (AvgIpc) is 3.49. The molecule has 1 heterocycles. The molecule has 1 aliphatic carbocycles. The van der Waals surface area contributed by atoms with Crippen LogP contribution in [-0.4, -0.2) is 26.9 Å². The molecule has 1 amide bonds. The van der Waals surface area contributed by atoms with Gasteiger partial charge >= 0.3 is 0 Å². The van der Waals surface area contributed by atoms with Gasteiger partial charge < -0.3 is 4.90 Å². The molecule has 1 fully saturated rings. The van der Waals surface area contributed by atoms with Crippen molar-refractivity contribution in [1.82, 2.24) is 4.72 Å². The Labute approximate surface area is 159 Å². The number of amides is 1. The number of carbonyl (C=O) groups excluding carboxylic acids is 1. The van der Waals surface area contributed by atoms with Gasteiger partial charge in [0.2, 0.25) is 10.0 Å². The topological polar surface area (TPSA) is 66.5 Å². The van der Waals surface area contributed by atoms with Crippen molar-refractivity contribution in [2.75, 3.05) is 11.4 Å². The van der Waals surface area contributed by atoms with Crippen molar-refractivity contribution in [3.8, 4) is 0 Å². The molecule has 1 aliphatic heterocycles. The predicted octanol–water partition coefficient (Wildman–Crippen LogP) is 3.12. The van der Waals surface area contributed by atoms with Crippen LogP contribution in [-0.2, 0) is 21.2 Å². The van der Waals surface area contributed by atoms with E-state index in [0.29, 0.717) is 6.54 Å². The largest absolute Gasteiger partial charge is 0.309 e. The summed E-state index contributed by atoms with van der Waals surface area (Å²) in [6.07, 6.45) is 7.04. The highest BCUT2D eigenvalue weighted by molar-refractivity contribution is 7.89. The highest BCUT2D eigenvalue weighted by Crippen LogP contribution is 2.27. The first-order chi connectivity index (χ1) is 13.0. The van der Waals surface area contributed by atoms with Crippen LogP contribution >= 0.6 is 0 Å². The molecule has 2 aromatic rings. The fraction of sp³-hybridized carbons (Fsp3) is 0.286. The van der Waals surface area contributed by atoms with E-state index < -0.39 is 10.0 Å². The summed E-state index contributed by atoms with van der Waals surface area (Å²) < 4.78 is 27.0. The van der Waals surface area contributed by atoms with Crippen LogP contribution in [0.2, 0.25) is 0 Å². The highest BCUT2D eigenvalue weighted by atomic mass is 32.2. The lowest BCUT2D eigenvalue weighted by molar-refractivity contribution is -0.114. The molecular weight excluding hydrogens is 360 g/mol. The van der Waals surface area contributed by atoms with Crippen LogP contribution in [0.3, 0.4) is 0 Å². The van der Waals surface area contributed by atoms with Crippen LogP contribution in [0.5, 0.6) is 0 Å². The van der Waals surface area contributed by atoms with E-state index in [1.807, 2.05) is 18.2 Å². The van der Waals surface area contributed by atoms with Gasteiger partial charge in [-0.2, -0.15) is 0 Å². The van der Waals surface area contributed by atoms with Crippen molar-refractivity contribution in [2.24, 2.45) is 0 Å². The van der Waals surface area contributed by atoms with E-state index in [-0.39, 0.29) is 16.8 Å². The Morgan fingerprint density at radius 2 is 1.81 bits per heavy atom. The molecule has 140 valence electrons. The van der Waals surface area contributed by atoms with Crippen LogP contribution in [0.25, 0.3) is 6.08 Å². The molecule has 2 aliphatic rings.